The highest BCUT2D eigenvalue weighted by Crippen LogP contribution is 2.28. The van der Waals surface area contributed by atoms with Gasteiger partial charge in [0.15, 0.2) is 5.69 Å². The summed E-state index contributed by atoms with van der Waals surface area (Å²) in [6.45, 7) is 3.12. The van der Waals surface area contributed by atoms with E-state index < -0.39 is 0 Å². The third kappa shape index (κ3) is 2.99. The molecule has 1 aliphatic rings. The van der Waals surface area contributed by atoms with Crippen LogP contribution < -0.4 is 4.74 Å². The number of rotatable bonds is 3. The molecule has 0 bridgehead atoms. The number of benzene rings is 1. The Balaban J connectivity index is 1.41. The fourth-order valence-electron chi connectivity index (χ4n) is 3.36. The molecule has 130 valence electrons. The molecule has 6 nitrogen and oxygen atoms in total. The zero-order valence-electron chi connectivity index (χ0n) is 14.4. The van der Waals surface area contributed by atoms with Gasteiger partial charge in [-0.1, -0.05) is 11.2 Å². The van der Waals surface area contributed by atoms with Gasteiger partial charge >= 0.3 is 0 Å². The smallest absolute Gasteiger partial charge is 0.276 e. The van der Waals surface area contributed by atoms with E-state index in [1.807, 2.05) is 30.3 Å². The van der Waals surface area contributed by atoms with Crippen LogP contribution in [-0.4, -0.2) is 39.7 Å². The molecule has 3 aromatic rings. The Labute approximate surface area is 146 Å². The maximum Gasteiger partial charge on any atom is 0.276 e. The highest BCUT2D eigenvalue weighted by atomic mass is 16.5. The summed E-state index contributed by atoms with van der Waals surface area (Å²) >= 11 is 0. The van der Waals surface area contributed by atoms with Crippen molar-refractivity contribution >= 4 is 16.8 Å². The van der Waals surface area contributed by atoms with Gasteiger partial charge in [0.05, 0.1) is 5.52 Å². The monoisotopic (exact) mass is 339 g/mol. The van der Waals surface area contributed by atoms with E-state index >= 15 is 0 Å². The molecule has 1 aliphatic heterocycles. The van der Waals surface area contributed by atoms with Crippen LogP contribution in [0.5, 0.6) is 5.75 Å². The number of nitrogens with zero attached hydrogens (tertiary/aromatic N) is 3. The number of fused-ring (bicyclic) bond motifs is 1. The fraction of sp³-hybridized carbons (Fsp3) is 0.368. The number of carbonyl (C=O) groups is 1. The molecule has 3 heterocycles. The number of amides is 1. The van der Waals surface area contributed by atoms with E-state index in [4.69, 9.17) is 9.26 Å². The average molecular weight is 339 g/mol. The lowest BCUT2D eigenvalue weighted by Crippen LogP contribution is -2.41. The second-order valence-corrected chi connectivity index (χ2v) is 6.55. The minimum absolute atomic E-state index is 0.0690. The number of piperidine rings is 1. The van der Waals surface area contributed by atoms with Crippen molar-refractivity contribution in [2.24, 2.45) is 7.05 Å². The molecular weight excluding hydrogens is 318 g/mol. The van der Waals surface area contributed by atoms with Crippen molar-refractivity contribution in [3.05, 3.63) is 48.0 Å². The second kappa shape index (κ2) is 6.27. The Bertz CT molecular complexity index is 904. The summed E-state index contributed by atoms with van der Waals surface area (Å²) in [5.74, 6) is 1.49. The zero-order chi connectivity index (χ0) is 17.4. The van der Waals surface area contributed by atoms with E-state index in [9.17, 15) is 4.79 Å². The van der Waals surface area contributed by atoms with E-state index in [1.165, 1.54) is 0 Å². The molecule has 0 aliphatic carbocycles. The Morgan fingerprint density at radius 3 is 2.80 bits per heavy atom. The van der Waals surface area contributed by atoms with Crippen molar-refractivity contribution in [3.8, 4) is 5.75 Å². The third-order valence-electron chi connectivity index (χ3n) is 4.76. The normalized spacial score (nSPS) is 15.7. The van der Waals surface area contributed by atoms with Crippen LogP contribution in [0.1, 0.15) is 29.1 Å². The zero-order valence-corrected chi connectivity index (χ0v) is 14.4. The highest BCUT2D eigenvalue weighted by molar-refractivity contribution is 5.92. The predicted molar refractivity (Wildman–Crippen MR) is 93.7 cm³/mol. The third-order valence-corrected chi connectivity index (χ3v) is 4.76. The molecule has 0 N–H and O–H groups in total. The van der Waals surface area contributed by atoms with Crippen LogP contribution in [-0.2, 0) is 7.05 Å². The topological polar surface area (TPSA) is 60.5 Å². The summed E-state index contributed by atoms with van der Waals surface area (Å²) in [5, 5.41) is 4.94. The molecule has 2 aromatic heterocycles. The first-order valence-electron chi connectivity index (χ1n) is 8.55. The number of hydrogen-bond donors (Lipinski definition) is 0. The Morgan fingerprint density at radius 2 is 2.08 bits per heavy atom. The predicted octanol–water partition coefficient (Wildman–Crippen LogP) is 3.16. The minimum atomic E-state index is -0.0690. The molecular formula is C19H21N3O3. The molecule has 0 atom stereocenters. The Morgan fingerprint density at radius 1 is 1.28 bits per heavy atom. The van der Waals surface area contributed by atoms with E-state index in [1.54, 1.807) is 13.0 Å². The number of likely N-dealkylation sites (tertiary alicyclic amines) is 1. The van der Waals surface area contributed by atoms with Crippen molar-refractivity contribution in [1.29, 1.82) is 0 Å². The van der Waals surface area contributed by atoms with Crippen molar-refractivity contribution in [2.45, 2.75) is 25.9 Å². The maximum atomic E-state index is 12.4. The van der Waals surface area contributed by atoms with Crippen molar-refractivity contribution in [3.63, 3.8) is 0 Å². The van der Waals surface area contributed by atoms with Crippen LogP contribution in [0.3, 0.4) is 0 Å². The molecule has 0 unspecified atom stereocenters. The van der Waals surface area contributed by atoms with Gasteiger partial charge in [-0.25, -0.2) is 0 Å². The van der Waals surface area contributed by atoms with Gasteiger partial charge in [0, 0.05) is 50.6 Å². The molecule has 1 saturated heterocycles. The van der Waals surface area contributed by atoms with Gasteiger partial charge < -0.3 is 18.7 Å². The molecule has 0 saturated carbocycles. The summed E-state index contributed by atoms with van der Waals surface area (Å²) in [6.07, 6.45) is 3.78. The molecule has 1 aromatic carbocycles. The van der Waals surface area contributed by atoms with Gasteiger partial charge in [-0.15, -0.1) is 0 Å². The minimum Gasteiger partial charge on any atom is -0.490 e. The SMILES string of the molecule is Cc1cc(C(=O)N2CCC(Oc3cccc4c3ccn4C)CC2)no1. The number of carbonyl (C=O) groups excluding carboxylic acids is 1. The van der Waals surface area contributed by atoms with Crippen LogP contribution in [0.4, 0.5) is 0 Å². The summed E-state index contributed by atoms with van der Waals surface area (Å²) in [5.41, 5.74) is 1.54. The molecule has 1 amide bonds. The first-order valence-corrected chi connectivity index (χ1v) is 8.55. The van der Waals surface area contributed by atoms with E-state index in [0.29, 0.717) is 24.5 Å². The standard InChI is InChI=1S/C19H21N3O3/c1-13-12-16(20-25-13)19(23)22-10-6-14(7-11-22)24-18-5-3-4-17-15(18)8-9-21(17)2/h3-5,8-9,12,14H,6-7,10-11H2,1-2H3. The summed E-state index contributed by atoms with van der Waals surface area (Å²) in [7, 11) is 2.03. The lowest BCUT2D eigenvalue weighted by molar-refractivity contribution is 0.0588. The van der Waals surface area contributed by atoms with Gasteiger partial charge in [-0.2, -0.15) is 0 Å². The lowest BCUT2D eigenvalue weighted by Gasteiger charge is -2.31. The highest BCUT2D eigenvalue weighted by Gasteiger charge is 2.26. The van der Waals surface area contributed by atoms with Gasteiger partial charge in [-0.3, -0.25) is 4.79 Å². The molecule has 6 heteroatoms. The molecule has 1 fully saturated rings. The van der Waals surface area contributed by atoms with Gasteiger partial charge in [0.2, 0.25) is 0 Å². The van der Waals surface area contributed by atoms with Crippen LogP contribution >= 0.6 is 0 Å². The largest absolute Gasteiger partial charge is 0.490 e. The maximum absolute atomic E-state index is 12.4. The first kappa shape index (κ1) is 15.7. The first-order chi connectivity index (χ1) is 12.1. The fourth-order valence-corrected chi connectivity index (χ4v) is 3.36. The van der Waals surface area contributed by atoms with Crippen molar-refractivity contribution < 1.29 is 14.1 Å². The van der Waals surface area contributed by atoms with E-state index in [0.717, 1.165) is 29.5 Å². The van der Waals surface area contributed by atoms with Crippen molar-refractivity contribution in [2.75, 3.05) is 13.1 Å². The summed E-state index contributed by atoms with van der Waals surface area (Å²) in [6, 6.07) is 9.88. The van der Waals surface area contributed by atoms with Crippen LogP contribution in [0.2, 0.25) is 0 Å². The van der Waals surface area contributed by atoms with Gasteiger partial charge in [0.1, 0.15) is 17.6 Å². The molecule has 4 rings (SSSR count). The van der Waals surface area contributed by atoms with Crippen molar-refractivity contribution in [1.82, 2.24) is 14.6 Å². The van der Waals surface area contributed by atoms with Gasteiger partial charge in [0.25, 0.3) is 5.91 Å². The molecule has 25 heavy (non-hydrogen) atoms. The lowest BCUT2D eigenvalue weighted by atomic mass is 10.1. The molecule has 0 spiro atoms. The second-order valence-electron chi connectivity index (χ2n) is 6.55. The Hall–Kier alpha value is -2.76. The van der Waals surface area contributed by atoms with Gasteiger partial charge in [-0.05, 0) is 25.1 Å². The number of ether oxygens (including phenoxy) is 1. The summed E-state index contributed by atoms with van der Waals surface area (Å²) < 4.78 is 13.3. The quantitative estimate of drug-likeness (QED) is 0.735. The molecule has 0 radical (unpaired) electrons. The van der Waals surface area contributed by atoms with Crippen LogP contribution in [0.15, 0.2) is 41.1 Å². The Kier molecular flexibility index (Phi) is 3.95. The van der Waals surface area contributed by atoms with E-state index in [2.05, 4.69) is 21.9 Å². The van der Waals surface area contributed by atoms with Crippen LogP contribution in [0, 0.1) is 6.92 Å². The number of aromatic nitrogens is 2. The number of hydrogen-bond acceptors (Lipinski definition) is 4. The summed E-state index contributed by atoms with van der Waals surface area (Å²) in [4.78, 5) is 14.2. The van der Waals surface area contributed by atoms with E-state index in [-0.39, 0.29) is 12.0 Å². The van der Waals surface area contributed by atoms with Crippen LogP contribution in [0.25, 0.3) is 10.9 Å². The number of aryl methyl sites for hydroxylation is 2. The average Bonchev–Trinajstić information content (AvgIpc) is 3.22.